The summed E-state index contributed by atoms with van der Waals surface area (Å²) in [4.78, 5) is 0. The van der Waals surface area contributed by atoms with Gasteiger partial charge in [-0.25, -0.2) is 0 Å². The molecule has 8 heteroatoms. The predicted molar refractivity (Wildman–Crippen MR) is 80.3 cm³/mol. The van der Waals surface area contributed by atoms with Gasteiger partial charge in [0.1, 0.15) is 10.8 Å². The van der Waals surface area contributed by atoms with E-state index in [0.29, 0.717) is 32.3 Å². The lowest BCUT2D eigenvalue weighted by atomic mass is 10.6. The van der Waals surface area contributed by atoms with Crippen molar-refractivity contribution in [3.8, 4) is 10.8 Å². The van der Waals surface area contributed by atoms with Gasteiger partial charge in [0.25, 0.3) is 0 Å². The molecule has 0 aromatic rings. The largest absolute Gasteiger partial charge is 0.500 e. The van der Waals surface area contributed by atoms with E-state index in [1.165, 1.54) is 0 Å². The van der Waals surface area contributed by atoms with Crippen LogP contribution in [0.3, 0.4) is 0 Å². The Morgan fingerprint density at radius 1 is 0.947 bits per heavy atom. The molecule has 0 aromatic carbocycles. The van der Waals surface area contributed by atoms with Gasteiger partial charge in [-0.05, 0) is 50.7 Å². The van der Waals surface area contributed by atoms with Crippen LogP contribution < -0.4 is 0 Å². The van der Waals surface area contributed by atoms with Crippen molar-refractivity contribution in [2.24, 2.45) is 0 Å². The number of hydrogen-bond donors (Lipinski definition) is 0. The molecule has 0 spiro atoms. The van der Waals surface area contributed by atoms with E-state index in [2.05, 4.69) is 0 Å². The minimum absolute atomic E-state index is 0.0942. The van der Waals surface area contributed by atoms with Crippen molar-refractivity contribution in [1.82, 2.24) is 0 Å². The van der Waals surface area contributed by atoms with Crippen LogP contribution in [0.5, 0.6) is 0 Å². The second-order valence-corrected chi connectivity index (χ2v) is 8.37. The molecule has 0 aromatic heterocycles. The molecule has 0 unspecified atom stereocenters. The molecule has 0 N–H and O–H groups in total. The van der Waals surface area contributed by atoms with Crippen LogP contribution in [0.4, 0.5) is 0 Å². The van der Waals surface area contributed by atoms with Crippen LogP contribution in [0.15, 0.2) is 0 Å². The first kappa shape index (κ1) is 18.8. The Bertz CT molecular complexity index is 287. The van der Waals surface area contributed by atoms with E-state index in [-0.39, 0.29) is 4.58 Å². The lowest BCUT2D eigenvalue weighted by Crippen LogP contribution is -2.46. The highest BCUT2D eigenvalue weighted by atomic mass is 32.2. The second kappa shape index (κ2) is 11.6. The van der Waals surface area contributed by atoms with Crippen LogP contribution >= 0.6 is 23.5 Å². The average molecular weight is 321 g/mol. The van der Waals surface area contributed by atoms with Gasteiger partial charge in [-0.3, -0.25) is 0 Å². The maximum Gasteiger partial charge on any atom is 0.500 e. The van der Waals surface area contributed by atoms with Crippen LogP contribution in [0.25, 0.3) is 0 Å². The summed E-state index contributed by atoms with van der Waals surface area (Å²) < 4.78 is 17.1. The van der Waals surface area contributed by atoms with Crippen molar-refractivity contribution in [1.29, 1.82) is 10.5 Å². The minimum atomic E-state index is -2.66. The Hall–Kier alpha value is -0.223. The summed E-state index contributed by atoms with van der Waals surface area (Å²) >= 11 is 2.20. The third-order valence-electron chi connectivity index (χ3n) is 2.15. The standard InChI is InChI=1S/C11H20N2O3S2Si/c1-4-14-19(15-5-2,16-6-3)8-7-11(17-9-12)18-10-13/h11H,4-8H2,1-3H3. The Balaban J connectivity index is 4.60. The van der Waals surface area contributed by atoms with Gasteiger partial charge in [0.05, 0.1) is 4.58 Å². The molecular weight excluding hydrogens is 300 g/mol. The summed E-state index contributed by atoms with van der Waals surface area (Å²) in [7, 11) is -2.66. The third kappa shape index (κ3) is 7.83. The number of rotatable bonds is 11. The normalized spacial score (nSPS) is 11.3. The fraction of sp³-hybridized carbons (Fsp3) is 0.818. The molecule has 0 rings (SSSR count). The van der Waals surface area contributed by atoms with Gasteiger partial charge < -0.3 is 13.3 Å². The number of hydrogen-bond acceptors (Lipinski definition) is 7. The number of nitrogens with zero attached hydrogens (tertiary/aromatic N) is 2. The minimum Gasteiger partial charge on any atom is -0.374 e. The molecule has 19 heavy (non-hydrogen) atoms. The first-order chi connectivity index (χ1) is 9.17. The van der Waals surface area contributed by atoms with Gasteiger partial charge in [0, 0.05) is 25.9 Å². The van der Waals surface area contributed by atoms with Gasteiger partial charge in [0.2, 0.25) is 0 Å². The Morgan fingerprint density at radius 3 is 1.68 bits per heavy atom. The Kier molecular flexibility index (Phi) is 11.5. The predicted octanol–water partition coefficient (Wildman–Crippen LogP) is 3.18. The van der Waals surface area contributed by atoms with Gasteiger partial charge in [0.15, 0.2) is 0 Å². The molecule has 0 aliphatic rings. The van der Waals surface area contributed by atoms with E-state index in [4.69, 9.17) is 23.8 Å². The molecule has 0 saturated carbocycles. The summed E-state index contributed by atoms with van der Waals surface area (Å²) in [6.45, 7) is 7.33. The first-order valence-corrected chi connectivity index (χ1v) is 9.88. The van der Waals surface area contributed by atoms with Crippen molar-refractivity contribution in [2.45, 2.75) is 37.8 Å². The first-order valence-electron chi connectivity index (χ1n) is 6.19. The van der Waals surface area contributed by atoms with Gasteiger partial charge in [-0.1, -0.05) is 0 Å². The highest BCUT2D eigenvalue weighted by Crippen LogP contribution is 2.30. The molecule has 0 amide bonds. The fourth-order valence-electron chi connectivity index (χ4n) is 1.56. The van der Waals surface area contributed by atoms with Gasteiger partial charge in [-0.15, -0.1) is 0 Å². The number of nitriles is 2. The molecule has 0 radical (unpaired) electrons. The Morgan fingerprint density at radius 2 is 1.37 bits per heavy atom. The average Bonchev–Trinajstić information content (AvgIpc) is 2.37. The SMILES string of the molecule is CCO[Si](CCC(SC#N)SC#N)(OCC)OCC. The molecule has 108 valence electrons. The summed E-state index contributed by atoms with van der Waals surface area (Å²) in [6.07, 6.45) is 0.655. The van der Waals surface area contributed by atoms with E-state index in [0.717, 1.165) is 23.5 Å². The second-order valence-electron chi connectivity index (χ2n) is 3.37. The van der Waals surface area contributed by atoms with Crippen LogP contribution in [0.1, 0.15) is 27.2 Å². The van der Waals surface area contributed by atoms with Crippen LogP contribution in [-0.2, 0) is 13.3 Å². The zero-order chi connectivity index (χ0) is 14.6. The monoisotopic (exact) mass is 320 g/mol. The van der Waals surface area contributed by atoms with E-state index < -0.39 is 8.80 Å². The number of thiocyanates is 2. The van der Waals surface area contributed by atoms with Crippen molar-refractivity contribution in [2.75, 3.05) is 19.8 Å². The van der Waals surface area contributed by atoms with Crippen LogP contribution in [0, 0.1) is 21.3 Å². The zero-order valence-electron chi connectivity index (χ0n) is 11.5. The van der Waals surface area contributed by atoms with Crippen molar-refractivity contribution < 1.29 is 13.3 Å². The highest BCUT2D eigenvalue weighted by molar-refractivity contribution is 8.21. The maximum atomic E-state index is 8.71. The Labute approximate surface area is 125 Å². The number of thioether (sulfide) groups is 2. The van der Waals surface area contributed by atoms with Crippen molar-refractivity contribution in [3.05, 3.63) is 0 Å². The van der Waals surface area contributed by atoms with Crippen molar-refractivity contribution in [3.63, 3.8) is 0 Å². The van der Waals surface area contributed by atoms with Crippen LogP contribution in [0.2, 0.25) is 6.04 Å². The quantitative estimate of drug-likeness (QED) is 0.329. The highest BCUT2D eigenvalue weighted by Gasteiger charge is 2.40. The molecule has 0 fully saturated rings. The van der Waals surface area contributed by atoms with Gasteiger partial charge >= 0.3 is 8.80 Å². The summed E-state index contributed by atoms with van der Waals surface area (Å²) in [5, 5.41) is 21.5. The van der Waals surface area contributed by atoms with E-state index >= 15 is 0 Å². The van der Waals surface area contributed by atoms with Crippen LogP contribution in [-0.4, -0.2) is 33.2 Å². The molecular formula is C11H20N2O3S2Si. The smallest absolute Gasteiger partial charge is 0.374 e. The molecule has 0 heterocycles. The van der Waals surface area contributed by atoms with E-state index in [1.54, 1.807) is 0 Å². The molecule has 0 aliphatic carbocycles. The molecule has 0 bridgehead atoms. The maximum absolute atomic E-state index is 8.71. The molecule has 0 aliphatic heterocycles. The van der Waals surface area contributed by atoms with Crippen molar-refractivity contribution >= 4 is 32.3 Å². The molecule has 0 saturated heterocycles. The molecule has 0 atom stereocenters. The summed E-state index contributed by atoms with van der Waals surface area (Å²) in [5.41, 5.74) is 0. The summed E-state index contributed by atoms with van der Waals surface area (Å²) in [5.74, 6) is 0. The summed E-state index contributed by atoms with van der Waals surface area (Å²) in [6, 6.07) is 0.622. The lowest BCUT2D eigenvalue weighted by molar-refractivity contribution is 0.0711. The topological polar surface area (TPSA) is 75.3 Å². The van der Waals surface area contributed by atoms with Gasteiger partial charge in [-0.2, -0.15) is 10.5 Å². The van der Waals surface area contributed by atoms with E-state index in [9.17, 15) is 0 Å². The molecule has 5 nitrogen and oxygen atoms in total. The lowest BCUT2D eigenvalue weighted by Gasteiger charge is -2.29. The fourth-order valence-corrected chi connectivity index (χ4v) is 5.78. The zero-order valence-corrected chi connectivity index (χ0v) is 14.2. The van der Waals surface area contributed by atoms with E-state index in [1.807, 2.05) is 31.6 Å². The third-order valence-corrected chi connectivity index (χ3v) is 7.02.